The summed E-state index contributed by atoms with van der Waals surface area (Å²) in [5, 5.41) is 0. The first-order valence-corrected chi connectivity index (χ1v) is 7.62. The second-order valence-electron chi connectivity index (χ2n) is 6.44. The zero-order valence-corrected chi connectivity index (χ0v) is 12.3. The molecular weight excluding hydrogens is 303 g/mol. The summed E-state index contributed by atoms with van der Waals surface area (Å²) in [7, 11) is 0. The van der Waals surface area contributed by atoms with Crippen molar-refractivity contribution in [2.24, 2.45) is 17.3 Å². The van der Waals surface area contributed by atoms with Crippen LogP contribution < -0.4 is 10.5 Å². The number of halogens is 3. The van der Waals surface area contributed by atoms with Gasteiger partial charge in [0.2, 0.25) is 0 Å². The third-order valence-electron chi connectivity index (χ3n) is 5.07. The van der Waals surface area contributed by atoms with E-state index in [1.165, 1.54) is 18.2 Å². The van der Waals surface area contributed by atoms with Crippen LogP contribution in [-0.4, -0.2) is 0 Å². The first kappa shape index (κ1) is 14.4. The quantitative estimate of drug-likeness (QED) is 0.802. The molecule has 0 saturated heterocycles. The minimum absolute atomic E-state index is 0.215. The van der Waals surface area contributed by atoms with E-state index in [0.717, 1.165) is 12.8 Å². The molecule has 2 bridgehead atoms. The van der Waals surface area contributed by atoms with E-state index in [2.05, 4.69) is 12.2 Å². The minimum atomic E-state index is -4.54. The van der Waals surface area contributed by atoms with Crippen LogP contribution in [0.15, 0.2) is 54.3 Å². The van der Waals surface area contributed by atoms with Gasteiger partial charge < -0.3 is 10.5 Å². The fraction of sp³-hybridized carbons (Fsp3) is 0.333. The molecule has 4 rings (SSSR count). The van der Waals surface area contributed by atoms with E-state index in [4.69, 9.17) is 10.5 Å². The monoisotopic (exact) mass is 319 g/mol. The van der Waals surface area contributed by atoms with Crippen LogP contribution in [0, 0.1) is 17.3 Å². The largest absolute Gasteiger partial charge is 0.460 e. The molecule has 23 heavy (non-hydrogen) atoms. The Morgan fingerprint density at radius 3 is 2.83 bits per heavy atom. The lowest BCUT2D eigenvalue weighted by molar-refractivity contribution is -0.138. The molecule has 2 nitrogen and oxygen atoms in total. The van der Waals surface area contributed by atoms with Gasteiger partial charge in [-0.15, -0.1) is 0 Å². The Bertz CT molecular complexity index is 747. The van der Waals surface area contributed by atoms with Crippen molar-refractivity contribution in [3.05, 3.63) is 59.9 Å². The molecule has 1 saturated carbocycles. The fourth-order valence-corrected chi connectivity index (χ4v) is 4.12. The van der Waals surface area contributed by atoms with Gasteiger partial charge in [0.25, 0.3) is 0 Å². The summed E-state index contributed by atoms with van der Waals surface area (Å²) in [6.45, 7) is 0. The Morgan fingerprint density at radius 1 is 1.22 bits per heavy atom. The van der Waals surface area contributed by atoms with Crippen LogP contribution in [0.25, 0.3) is 0 Å². The average Bonchev–Trinajstić information content (AvgIpc) is 2.99. The Kier molecular flexibility index (Phi) is 2.92. The molecule has 0 radical (unpaired) electrons. The summed E-state index contributed by atoms with van der Waals surface area (Å²) in [6.07, 6.45) is 7.49. The number of nitrogens with two attached hydrogens (primary N) is 1. The van der Waals surface area contributed by atoms with Crippen molar-refractivity contribution >= 4 is 5.69 Å². The molecular formula is C18H16F3NO. The van der Waals surface area contributed by atoms with Gasteiger partial charge in [-0.25, -0.2) is 0 Å². The summed E-state index contributed by atoms with van der Waals surface area (Å²) in [4.78, 5) is 0. The van der Waals surface area contributed by atoms with Crippen LogP contribution >= 0.6 is 0 Å². The fourth-order valence-electron chi connectivity index (χ4n) is 4.12. The maximum absolute atomic E-state index is 13.3. The van der Waals surface area contributed by atoms with Crippen molar-refractivity contribution in [1.29, 1.82) is 0 Å². The van der Waals surface area contributed by atoms with Crippen LogP contribution in [0.2, 0.25) is 0 Å². The van der Waals surface area contributed by atoms with Gasteiger partial charge >= 0.3 is 6.18 Å². The Hall–Kier alpha value is -2.17. The number of rotatable bonds is 2. The number of allylic oxidation sites excluding steroid dienone is 5. The van der Waals surface area contributed by atoms with E-state index in [0.29, 0.717) is 17.6 Å². The first-order valence-electron chi connectivity index (χ1n) is 7.62. The predicted octanol–water partition coefficient (Wildman–Crippen LogP) is 4.70. The summed E-state index contributed by atoms with van der Waals surface area (Å²) < 4.78 is 45.7. The maximum atomic E-state index is 13.3. The molecule has 3 atom stereocenters. The van der Waals surface area contributed by atoms with Crippen molar-refractivity contribution in [3.8, 4) is 5.75 Å². The SMILES string of the molecule is Nc1cccc(OC2=CC3CC4C=CC=CC24C3)c1C(F)(F)F. The molecule has 3 unspecified atom stereocenters. The van der Waals surface area contributed by atoms with Crippen LogP contribution in [0.3, 0.4) is 0 Å². The summed E-state index contributed by atoms with van der Waals surface area (Å²) in [6, 6.07) is 4.06. The number of hydrogen-bond acceptors (Lipinski definition) is 2. The summed E-state index contributed by atoms with van der Waals surface area (Å²) in [5.41, 5.74) is 4.04. The van der Waals surface area contributed by atoms with Crippen molar-refractivity contribution in [2.75, 3.05) is 5.73 Å². The number of benzene rings is 1. The predicted molar refractivity (Wildman–Crippen MR) is 81.5 cm³/mol. The van der Waals surface area contributed by atoms with Crippen LogP contribution in [0.5, 0.6) is 5.75 Å². The molecule has 0 aromatic heterocycles. The third kappa shape index (κ3) is 2.10. The minimum Gasteiger partial charge on any atom is -0.460 e. The highest BCUT2D eigenvalue weighted by Crippen LogP contribution is 2.60. The zero-order chi connectivity index (χ0) is 16.2. The van der Waals surface area contributed by atoms with Gasteiger partial charge in [0.15, 0.2) is 0 Å². The first-order chi connectivity index (χ1) is 10.9. The summed E-state index contributed by atoms with van der Waals surface area (Å²) in [5.74, 6) is 1.06. The van der Waals surface area contributed by atoms with Gasteiger partial charge in [-0.3, -0.25) is 0 Å². The molecule has 1 aromatic rings. The van der Waals surface area contributed by atoms with E-state index in [9.17, 15) is 13.2 Å². The van der Waals surface area contributed by atoms with Crippen molar-refractivity contribution in [3.63, 3.8) is 0 Å². The van der Waals surface area contributed by atoms with Crippen LogP contribution in [0.1, 0.15) is 18.4 Å². The maximum Gasteiger partial charge on any atom is 0.421 e. The molecule has 3 aliphatic carbocycles. The van der Waals surface area contributed by atoms with Crippen molar-refractivity contribution in [1.82, 2.24) is 0 Å². The number of alkyl halides is 3. The molecule has 0 amide bonds. The van der Waals surface area contributed by atoms with E-state index >= 15 is 0 Å². The second-order valence-corrected chi connectivity index (χ2v) is 6.44. The highest BCUT2D eigenvalue weighted by atomic mass is 19.4. The van der Waals surface area contributed by atoms with E-state index in [1.54, 1.807) is 0 Å². The lowest BCUT2D eigenvalue weighted by Crippen LogP contribution is -2.28. The molecule has 3 aliphatic rings. The molecule has 0 aliphatic heterocycles. The van der Waals surface area contributed by atoms with E-state index < -0.39 is 11.7 Å². The molecule has 2 N–H and O–H groups in total. The zero-order valence-electron chi connectivity index (χ0n) is 12.3. The molecule has 120 valence electrons. The Morgan fingerprint density at radius 2 is 2.04 bits per heavy atom. The number of fused-ring (bicyclic) bond motifs is 1. The second kappa shape index (κ2) is 4.66. The van der Waals surface area contributed by atoms with Gasteiger partial charge in [-0.1, -0.05) is 30.4 Å². The average molecular weight is 319 g/mol. The van der Waals surface area contributed by atoms with Crippen molar-refractivity contribution in [2.45, 2.75) is 19.0 Å². The Balaban J connectivity index is 1.73. The molecule has 1 fully saturated rings. The lowest BCUT2D eigenvalue weighted by Gasteiger charge is -2.34. The van der Waals surface area contributed by atoms with E-state index in [1.807, 2.05) is 18.2 Å². The number of nitrogen functional groups attached to an aromatic ring is 1. The highest BCUT2D eigenvalue weighted by Gasteiger charge is 2.53. The van der Waals surface area contributed by atoms with E-state index in [-0.39, 0.29) is 16.9 Å². The normalized spacial score (nSPS) is 31.2. The van der Waals surface area contributed by atoms with Gasteiger partial charge in [-0.05, 0) is 42.9 Å². The smallest absolute Gasteiger partial charge is 0.421 e. The highest BCUT2D eigenvalue weighted by molar-refractivity contribution is 5.56. The van der Waals surface area contributed by atoms with Gasteiger partial charge in [0.05, 0.1) is 5.41 Å². The molecule has 1 spiro atoms. The lowest BCUT2D eigenvalue weighted by atomic mass is 9.74. The summed E-state index contributed by atoms with van der Waals surface area (Å²) >= 11 is 0. The molecule has 0 heterocycles. The number of hydrogen-bond donors (Lipinski definition) is 1. The van der Waals surface area contributed by atoms with Gasteiger partial charge in [0, 0.05) is 5.69 Å². The van der Waals surface area contributed by atoms with Crippen LogP contribution in [0.4, 0.5) is 18.9 Å². The standard InChI is InChI=1S/C18H16F3NO/c19-18(20,21)16-13(22)5-3-6-14(16)23-15-9-11-8-12-4-1-2-7-17(12,15)10-11/h1-7,9,11-12H,8,10,22H2. The van der Waals surface area contributed by atoms with Crippen LogP contribution in [-0.2, 0) is 6.18 Å². The molecule has 5 heteroatoms. The molecule has 1 aromatic carbocycles. The number of anilines is 1. The third-order valence-corrected chi connectivity index (χ3v) is 5.07. The van der Waals surface area contributed by atoms with Crippen molar-refractivity contribution < 1.29 is 17.9 Å². The van der Waals surface area contributed by atoms with Gasteiger partial charge in [-0.2, -0.15) is 13.2 Å². The number of ether oxygens (including phenoxy) is 1. The topological polar surface area (TPSA) is 35.2 Å². The van der Waals surface area contributed by atoms with Gasteiger partial charge in [0.1, 0.15) is 17.1 Å². The Labute approximate surface area is 132 Å².